The third-order valence-corrected chi connectivity index (χ3v) is 7.33. The van der Waals surface area contributed by atoms with Gasteiger partial charge in [-0.2, -0.15) is 0 Å². The first-order valence-electron chi connectivity index (χ1n) is 11.1. The second-order valence-electron chi connectivity index (χ2n) is 10.9. The minimum atomic E-state index is -1.31. The van der Waals surface area contributed by atoms with Gasteiger partial charge in [-0.15, -0.1) is 0 Å². The maximum atomic E-state index is 13.4. The summed E-state index contributed by atoms with van der Waals surface area (Å²) in [5.74, 6) is -1.28. The first-order chi connectivity index (χ1) is 14.8. The zero-order valence-electron chi connectivity index (χ0n) is 19.3. The van der Waals surface area contributed by atoms with Crippen LogP contribution < -0.4 is 16.0 Å². The minimum Gasteiger partial charge on any atom is -0.465 e. The first kappa shape index (κ1) is 24.0. The molecule has 0 aromatic rings. The Morgan fingerprint density at radius 2 is 1.94 bits per heavy atom. The fourth-order valence-corrected chi connectivity index (χ4v) is 5.34. The van der Waals surface area contributed by atoms with Gasteiger partial charge in [0.2, 0.25) is 17.7 Å². The number of likely N-dealkylation sites (tertiary alicyclic amines) is 1. The number of amides is 4. The Morgan fingerprint density at radius 1 is 1.28 bits per heavy atom. The first-order valence-corrected chi connectivity index (χ1v) is 11.1. The van der Waals surface area contributed by atoms with E-state index in [9.17, 15) is 29.1 Å². The number of rotatable bonds is 7. The third kappa shape index (κ3) is 4.45. The summed E-state index contributed by atoms with van der Waals surface area (Å²) in [7, 11) is 0. The molecule has 3 aliphatic rings. The van der Waals surface area contributed by atoms with Crippen LogP contribution in [0.25, 0.3) is 0 Å². The van der Waals surface area contributed by atoms with E-state index < -0.39 is 41.4 Å². The molecule has 10 nitrogen and oxygen atoms in total. The number of hydrogen-bond donors (Lipinski definition) is 4. The van der Waals surface area contributed by atoms with Crippen molar-refractivity contribution in [1.29, 1.82) is 0 Å². The zero-order valence-corrected chi connectivity index (χ0v) is 19.3. The van der Waals surface area contributed by atoms with Crippen molar-refractivity contribution in [3.8, 4) is 0 Å². The summed E-state index contributed by atoms with van der Waals surface area (Å²) in [5.41, 5.74) is -0.821. The number of carbonyl (C=O) groups excluding carboxylic acids is 4. The average Bonchev–Trinajstić information content (AvgIpc) is 3.05. The van der Waals surface area contributed by atoms with E-state index in [0.29, 0.717) is 25.8 Å². The molecule has 6 atom stereocenters. The van der Waals surface area contributed by atoms with E-state index in [4.69, 9.17) is 0 Å². The lowest BCUT2D eigenvalue weighted by Gasteiger charge is -2.37. The molecular formula is C22H34N4O6. The lowest BCUT2D eigenvalue weighted by molar-refractivity contribution is -0.144. The molecule has 0 spiro atoms. The van der Waals surface area contributed by atoms with Gasteiger partial charge >= 0.3 is 6.09 Å². The SMILES string of the molecule is CC(C)(C)C(NC(=O)O)C(=O)N1C[C@H]2[C@@H]([C@H]1C(=O)NC(C=O)CC1CCNC1=O)C2(C)C. The van der Waals surface area contributed by atoms with Gasteiger partial charge in [0.25, 0.3) is 0 Å². The molecule has 2 heterocycles. The molecule has 10 heteroatoms. The molecule has 1 aliphatic carbocycles. The molecule has 0 bridgehead atoms. The van der Waals surface area contributed by atoms with E-state index in [-0.39, 0.29) is 35.5 Å². The number of aldehydes is 1. The maximum absolute atomic E-state index is 13.4. The van der Waals surface area contributed by atoms with E-state index >= 15 is 0 Å². The van der Waals surface area contributed by atoms with Crippen molar-refractivity contribution in [2.24, 2.45) is 28.6 Å². The van der Waals surface area contributed by atoms with Crippen molar-refractivity contribution in [1.82, 2.24) is 20.9 Å². The van der Waals surface area contributed by atoms with Gasteiger partial charge in [0.15, 0.2) is 0 Å². The highest BCUT2D eigenvalue weighted by Gasteiger charge is 2.69. The summed E-state index contributed by atoms with van der Waals surface area (Å²) in [6.45, 7) is 10.3. The number of carboxylic acid groups (broad SMARTS) is 1. The van der Waals surface area contributed by atoms with Gasteiger partial charge in [-0.05, 0) is 35.5 Å². The lowest BCUT2D eigenvalue weighted by atomic mass is 9.85. The molecule has 2 saturated heterocycles. The number of hydrogen-bond acceptors (Lipinski definition) is 5. The minimum absolute atomic E-state index is 0.0704. The van der Waals surface area contributed by atoms with E-state index in [1.54, 1.807) is 20.8 Å². The summed E-state index contributed by atoms with van der Waals surface area (Å²) in [6, 6.07) is -2.63. The Hall–Kier alpha value is -2.65. The van der Waals surface area contributed by atoms with Crippen LogP contribution in [0.4, 0.5) is 4.79 Å². The molecule has 32 heavy (non-hydrogen) atoms. The molecule has 0 aromatic heterocycles. The lowest BCUT2D eigenvalue weighted by Crippen LogP contribution is -2.59. The summed E-state index contributed by atoms with van der Waals surface area (Å²) in [5, 5.41) is 17.0. The van der Waals surface area contributed by atoms with Crippen LogP contribution in [0.2, 0.25) is 0 Å². The second-order valence-corrected chi connectivity index (χ2v) is 10.9. The van der Waals surface area contributed by atoms with Gasteiger partial charge in [0.1, 0.15) is 18.4 Å². The normalized spacial score (nSPS) is 30.0. The van der Waals surface area contributed by atoms with Crippen LogP contribution in [0, 0.1) is 28.6 Å². The summed E-state index contributed by atoms with van der Waals surface area (Å²) >= 11 is 0. The molecule has 1 saturated carbocycles. The summed E-state index contributed by atoms with van der Waals surface area (Å²) in [4.78, 5) is 63.0. The number of carbonyl (C=O) groups is 5. The quantitative estimate of drug-likeness (QED) is 0.412. The predicted octanol–water partition coefficient (Wildman–Crippen LogP) is 0.362. The third-order valence-electron chi connectivity index (χ3n) is 7.33. The van der Waals surface area contributed by atoms with Crippen molar-refractivity contribution >= 4 is 30.1 Å². The highest BCUT2D eigenvalue weighted by atomic mass is 16.4. The molecule has 3 unspecified atom stereocenters. The topological polar surface area (TPSA) is 145 Å². The molecule has 2 aliphatic heterocycles. The molecule has 0 aromatic carbocycles. The van der Waals surface area contributed by atoms with E-state index in [2.05, 4.69) is 16.0 Å². The Balaban J connectivity index is 1.78. The molecule has 4 amide bonds. The fraction of sp³-hybridized carbons (Fsp3) is 0.773. The molecule has 4 N–H and O–H groups in total. The summed E-state index contributed by atoms with van der Waals surface area (Å²) < 4.78 is 0. The second kappa shape index (κ2) is 8.37. The molecular weight excluding hydrogens is 416 g/mol. The number of piperidine rings is 1. The van der Waals surface area contributed by atoms with Crippen LogP contribution in [0.5, 0.6) is 0 Å². The van der Waals surface area contributed by atoms with E-state index in [0.717, 1.165) is 0 Å². The zero-order chi connectivity index (χ0) is 24.0. The van der Waals surface area contributed by atoms with Crippen LogP contribution >= 0.6 is 0 Å². The number of nitrogens with one attached hydrogen (secondary N) is 3. The van der Waals surface area contributed by atoms with E-state index in [1.807, 2.05) is 13.8 Å². The smallest absolute Gasteiger partial charge is 0.405 e. The predicted molar refractivity (Wildman–Crippen MR) is 114 cm³/mol. The van der Waals surface area contributed by atoms with Crippen molar-refractivity contribution in [2.75, 3.05) is 13.1 Å². The van der Waals surface area contributed by atoms with Crippen molar-refractivity contribution < 1.29 is 29.1 Å². The van der Waals surface area contributed by atoms with Crippen molar-refractivity contribution in [3.05, 3.63) is 0 Å². The highest BCUT2D eigenvalue weighted by molar-refractivity contribution is 5.94. The van der Waals surface area contributed by atoms with E-state index in [1.165, 1.54) is 4.90 Å². The van der Waals surface area contributed by atoms with Crippen LogP contribution in [0.1, 0.15) is 47.5 Å². The summed E-state index contributed by atoms with van der Waals surface area (Å²) in [6.07, 6.45) is 0.146. The van der Waals surface area contributed by atoms with Gasteiger partial charge < -0.3 is 30.8 Å². The Morgan fingerprint density at radius 3 is 2.44 bits per heavy atom. The van der Waals surface area contributed by atoms with Crippen LogP contribution in [-0.4, -0.2) is 71.3 Å². The Kier molecular flexibility index (Phi) is 6.27. The number of nitrogens with zero attached hydrogens (tertiary/aromatic N) is 1. The van der Waals surface area contributed by atoms with Gasteiger partial charge in [-0.25, -0.2) is 4.79 Å². The molecule has 0 radical (unpaired) electrons. The van der Waals surface area contributed by atoms with Crippen molar-refractivity contribution in [3.63, 3.8) is 0 Å². The van der Waals surface area contributed by atoms with Crippen LogP contribution in [0.3, 0.4) is 0 Å². The molecule has 178 valence electrons. The monoisotopic (exact) mass is 450 g/mol. The molecule has 3 rings (SSSR count). The fourth-order valence-electron chi connectivity index (χ4n) is 5.34. The Bertz CT molecular complexity index is 820. The van der Waals surface area contributed by atoms with Gasteiger partial charge in [0, 0.05) is 19.0 Å². The molecule has 3 fully saturated rings. The number of fused-ring (bicyclic) bond motifs is 1. The van der Waals surface area contributed by atoms with Gasteiger partial charge in [-0.3, -0.25) is 14.4 Å². The van der Waals surface area contributed by atoms with Gasteiger partial charge in [-0.1, -0.05) is 34.6 Å². The van der Waals surface area contributed by atoms with Crippen LogP contribution in [0.15, 0.2) is 0 Å². The van der Waals surface area contributed by atoms with Crippen LogP contribution in [-0.2, 0) is 19.2 Å². The maximum Gasteiger partial charge on any atom is 0.405 e. The van der Waals surface area contributed by atoms with Crippen molar-refractivity contribution in [2.45, 2.75) is 65.6 Å². The highest BCUT2D eigenvalue weighted by Crippen LogP contribution is 2.65. The Labute approximate surface area is 187 Å². The van der Waals surface area contributed by atoms with Gasteiger partial charge in [0.05, 0.1) is 6.04 Å². The largest absolute Gasteiger partial charge is 0.465 e. The standard InChI is InChI=1S/C22H34N4O6/c1-21(2,3)16(25-20(31)32)19(30)26-9-13-14(22(13,4)5)15(26)18(29)24-12(10-27)8-11-6-7-23-17(11)28/h10-16,25H,6-9H2,1-5H3,(H,23,28)(H,24,29)(H,31,32)/t11?,12?,13-,14-,15-,16?/m0/s1. The average molecular weight is 451 g/mol.